The van der Waals surface area contributed by atoms with Crippen LogP contribution in [0.25, 0.3) is 0 Å². The zero-order valence-electron chi connectivity index (χ0n) is 15.7. The van der Waals surface area contributed by atoms with Gasteiger partial charge >= 0.3 is 0 Å². The average Bonchev–Trinajstić information content (AvgIpc) is 2.68. The van der Waals surface area contributed by atoms with E-state index in [4.69, 9.17) is 4.74 Å². The summed E-state index contributed by atoms with van der Waals surface area (Å²) in [7, 11) is 5.09. The molecule has 0 saturated carbocycles. The number of rotatable bonds is 9. The minimum absolute atomic E-state index is 0.289. The van der Waals surface area contributed by atoms with Crippen LogP contribution in [-0.2, 0) is 9.53 Å². The van der Waals surface area contributed by atoms with Crippen LogP contribution >= 0.6 is 27.9 Å². The van der Waals surface area contributed by atoms with Gasteiger partial charge < -0.3 is 19.7 Å². The summed E-state index contributed by atoms with van der Waals surface area (Å²) in [6, 6.07) is 14.4. The molecule has 5 nitrogen and oxygen atoms in total. The van der Waals surface area contributed by atoms with E-state index in [-0.39, 0.29) is 5.69 Å². The van der Waals surface area contributed by atoms with Crippen LogP contribution in [0.3, 0.4) is 0 Å². The molecule has 2 rings (SSSR count). The van der Waals surface area contributed by atoms with Gasteiger partial charge in [0.2, 0.25) is 0 Å². The van der Waals surface area contributed by atoms with Gasteiger partial charge in [-0.25, -0.2) is 4.39 Å². The predicted molar refractivity (Wildman–Crippen MR) is 115 cm³/mol. The van der Waals surface area contributed by atoms with Crippen molar-refractivity contribution in [1.82, 2.24) is 9.62 Å². The van der Waals surface area contributed by atoms with E-state index < -0.39 is 5.82 Å². The fraction of sp³-hybridized carbons (Fsp3) is 0.150. The van der Waals surface area contributed by atoms with Gasteiger partial charge in [0.05, 0.1) is 12.8 Å². The smallest absolute Gasteiger partial charge is 0.149 e. The SMILES string of the molecule is COC(=C/C=O)/C(NSc1ccccc1)=C(/Nc1ccc(Br)cc1F)N(C)C. The molecule has 0 spiro atoms. The topological polar surface area (TPSA) is 53.6 Å². The van der Waals surface area contributed by atoms with Crippen molar-refractivity contribution < 1.29 is 13.9 Å². The highest BCUT2D eigenvalue weighted by Gasteiger charge is 2.17. The van der Waals surface area contributed by atoms with Crippen molar-refractivity contribution in [2.45, 2.75) is 4.90 Å². The highest BCUT2D eigenvalue weighted by molar-refractivity contribution is 9.10. The van der Waals surface area contributed by atoms with E-state index in [1.54, 1.807) is 17.0 Å². The van der Waals surface area contributed by atoms with Gasteiger partial charge in [-0.1, -0.05) is 34.1 Å². The summed E-state index contributed by atoms with van der Waals surface area (Å²) in [6.45, 7) is 0. The molecule has 148 valence electrons. The second kappa shape index (κ2) is 10.8. The standard InChI is InChI=1S/C20H21BrFN3O2S/c1-25(2)20(23-17-10-9-14(21)13-16(17)22)19(18(27-3)11-12-26)24-28-15-7-5-4-6-8-15/h4-13,23-24H,1-3H3/b18-11+,20-19+. The first-order chi connectivity index (χ1) is 13.5. The Kier molecular flexibility index (Phi) is 8.41. The first-order valence-corrected chi connectivity index (χ1v) is 9.88. The summed E-state index contributed by atoms with van der Waals surface area (Å²) in [5.74, 6) is 0.425. The summed E-state index contributed by atoms with van der Waals surface area (Å²) in [4.78, 5) is 13.8. The maximum Gasteiger partial charge on any atom is 0.149 e. The lowest BCUT2D eigenvalue weighted by molar-refractivity contribution is -0.104. The average molecular weight is 466 g/mol. The maximum atomic E-state index is 14.4. The predicted octanol–water partition coefficient (Wildman–Crippen LogP) is 4.76. The second-order valence-corrected chi connectivity index (χ2v) is 7.55. The molecule has 0 aliphatic heterocycles. The Morgan fingerprint density at radius 1 is 1.21 bits per heavy atom. The van der Waals surface area contributed by atoms with Crippen molar-refractivity contribution in [3.05, 3.63) is 82.2 Å². The van der Waals surface area contributed by atoms with Crippen LogP contribution in [0, 0.1) is 5.82 Å². The van der Waals surface area contributed by atoms with Gasteiger partial charge in [0.25, 0.3) is 0 Å². The lowest BCUT2D eigenvalue weighted by Crippen LogP contribution is -2.26. The van der Waals surface area contributed by atoms with Gasteiger partial charge in [0.1, 0.15) is 29.4 Å². The van der Waals surface area contributed by atoms with E-state index >= 15 is 0 Å². The summed E-state index contributed by atoms with van der Waals surface area (Å²) in [5, 5.41) is 3.08. The van der Waals surface area contributed by atoms with Crippen molar-refractivity contribution >= 4 is 39.9 Å². The number of carbonyl (C=O) groups excluding carboxylic acids is 1. The molecule has 0 fully saturated rings. The lowest BCUT2D eigenvalue weighted by atomic mass is 10.2. The number of ether oxygens (including phenoxy) is 1. The molecule has 28 heavy (non-hydrogen) atoms. The lowest BCUT2D eigenvalue weighted by Gasteiger charge is -2.25. The fourth-order valence-corrected chi connectivity index (χ4v) is 3.29. The number of hydrogen-bond donors (Lipinski definition) is 2. The van der Waals surface area contributed by atoms with Crippen molar-refractivity contribution in [2.24, 2.45) is 0 Å². The van der Waals surface area contributed by atoms with E-state index in [9.17, 15) is 9.18 Å². The molecule has 8 heteroatoms. The van der Waals surface area contributed by atoms with Crippen LogP contribution < -0.4 is 10.0 Å². The van der Waals surface area contributed by atoms with Gasteiger partial charge in [0.15, 0.2) is 0 Å². The molecule has 2 aromatic rings. The Balaban J connectivity index is 2.46. The summed E-state index contributed by atoms with van der Waals surface area (Å²) in [6.07, 6.45) is 1.94. The summed E-state index contributed by atoms with van der Waals surface area (Å²) in [5.41, 5.74) is 0.785. The normalized spacial score (nSPS) is 12.1. The second-order valence-electron chi connectivity index (χ2n) is 5.76. The summed E-state index contributed by atoms with van der Waals surface area (Å²) < 4.78 is 23.6. The molecule has 0 aliphatic rings. The number of carbonyl (C=O) groups is 1. The molecule has 0 unspecified atom stereocenters. The van der Waals surface area contributed by atoms with Gasteiger partial charge in [-0.3, -0.25) is 4.79 Å². The van der Waals surface area contributed by atoms with Crippen molar-refractivity contribution in [3.63, 3.8) is 0 Å². The fourth-order valence-electron chi connectivity index (χ4n) is 2.25. The minimum Gasteiger partial charge on any atom is -0.494 e. The number of nitrogens with zero attached hydrogens (tertiary/aromatic N) is 1. The number of allylic oxidation sites excluding steroid dienone is 1. The molecule has 0 heterocycles. The monoisotopic (exact) mass is 465 g/mol. The van der Waals surface area contributed by atoms with Gasteiger partial charge in [0, 0.05) is 29.5 Å². The molecule has 0 saturated heterocycles. The zero-order valence-corrected chi connectivity index (χ0v) is 18.1. The number of anilines is 1. The zero-order chi connectivity index (χ0) is 20.5. The minimum atomic E-state index is -0.415. The van der Waals surface area contributed by atoms with Gasteiger partial charge in [-0.2, -0.15) is 0 Å². The van der Waals surface area contributed by atoms with Crippen LogP contribution in [0.15, 0.2) is 81.3 Å². The Hall–Kier alpha value is -2.45. The molecule has 2 N–H and O–H groups in total. The third-order valence-electron chi connectivity index (χ3n) is 3.57. The Labute approximate surface area is 176 Å². The van der Waals surface area contributed by atoms with Crippen molar-refractivity contribution in [3.8, 4) is 0 Å². The van der Waals surface area contributed by atoms with E-state index in [0.717, 1.165) is 4.90 Å². The molecular weight excluding hydrogens is 445 g/mol. The largest absolute Gasteiger partial charge is 0.494 e. The van der Waals surface area contributed by atoms with Crippen LogP contribution in [0.2, 0.25) is 0 Å². The van der Waals surface area contributed by atoms with Gasteiger partial charge in [-0.15, -0.1) is 0 Å². The van der Waals surface area contributed by atoms with E-state index in [2.05, 4.69) is 26.0 Å². The van der Waals surface area contributed by atoms with Gasteiger partial charge in [-0.05, 0) is 42.3 Å². The number of hydrogen-bond acceptors (Lipinski definition) is 6. The quantitative estimate of drug-likeness (QED) is 0.183. The molecule has 0 aliphatic carbocycles. The maximum absolute atomic E-state index is 14.4. The van der Waals surface area contributed by atoms with E-state index in [1.165, 1.54) is 31.2 Å². The highest BCUT2D eigenvalue weighted by Crippen LogP contribution is 2.25. The summed E-state index contributed by atoms with van der Waals surface area (Å²) >= 11 is 4.60. The number of methoxy groups -OCH3 is 1. The molecule has 0 radical (unpaired) electrons. The van der Waals surface area contributed by atoms with Crippen LogP contribution in [0.5, 0.6) is 0 Å². The van der Waals surface area contributed by atoms with Crippen LogP contribution in [0.1, 0.15) is 0 Å². The third kappa shape index (κ3) is 6.03. The Bertz CT molecular complexity index is 873. The molecule has 0 bridgehead atoms. The highest BCUT2D eigenvalue weighted by atomic mass is 79.9. The Morgan fingerprint density at radius 3 is 2.50 bits per heavy atom. The molecular formula is C20H21BrFN3O2S. The number of halogens is 2. The molecule has 0 amide bonds. The van der Waals surface area contributed by atoms with Crippen molar-refractivity contribution in [1.29, 1.82) is 0 Å². The van der Waals surface area contributed by atoms with Crippen molar-refractivity contribution in [2.75, 3.05) is 26.5 Å². The molecule has 0 aromatic heterocycles. The van der Waals surface area contributed by atoms with Crippen LogP contribution in [0.4, 0.5) is 10.1 Å². The number of nitrogens with one attached hydrogen (secondary N) is 2. The van der Waals surface area contributed by atoms with E-state index in [1.807, 2.05) is 44.4 Å². The molecule has 2 aromatic carbocycles. The number of benzene rings is 2. The first-order valence-electron chi connectivity index (χ1n) is 8.27. The van der Waals surface area contributed by atoms with Crippen LogP contribution in [-0.4, -0.2) is 32.4 Å². The third-order valence-corrected chi connectivity index (χ3v) is 4.88. The van der Waals surface area contributed by atoms with E-state index in [0.29, 0.717) is 28.0 Å². The Morgan fingerprint density at radius 2 is 1.93 bits per heavy atom. The number of aldehydes is 1. The first kappa shape index (κ1) is 21.8. The molecule has 0 atom stereocenters.